The zero-order chi connectivity index (χ0) is 15.4. The van der Waals surface area contributed by atoms with E-state index in [1.807, 2.05) is 0 Å². The van der Waals surface area contributed by atoms with Gasteiger partial charge in [-0.05, 0) is 0 Å². The molecule has 4 N–H and O–H groups in total. The Kier molecular flexibility index (Phi) is 28.8. The Bertz CT molecular complexity index is 396. The molecule has 0 aromatic carbocycles. The van der Waals surface area contributed by atoms with E-state index in [0.29, 0.717) is 0 Å². The monoisotopic (exact) mass is 484 g/mol. The van der Waals surface area contributed by atoms with Crippen LogP contribution in [0.4, 0.5) is 0 Å². The van der Waals surface area contributed by atoms with Crippen LogP contribution in [-0.2, 0) is 28.5 Å². The van der Waals surface area contributed by atoms with E-state index in [1.165, 1.54) is 0 Å². The molecule has 0 aromatic heterocycles. The first-order valence-electron chi connectivity index (χ1n) is 3.00. The van der Waals surface area contributed by atoms with Crippen molar-refractivity contribution in [3.8, 4) is 0 Å². The molecule has 22 heteroatoms. The SMILES string of the molecule is O.O=S(=O)(O)O[Si]([O-])([O-])[O-].O=S(=O)(O)O[Si]([O-])([O-])[O-].[Ca+2].[Ca+2].[Ca+2]. The van der Waals surface area contributed by atoms with Gasteiger partial charge < -0.3 is 42.0 Å². The van der Waals surface area contributed by atoms with E-state index >= 15 is 0 Å². The van der Waals surface area contributed by atoms with Crippen LogP contribution in [0.25, 0.3) is 0 Å². The second kappa shape index (κ2) is 15.7. The average Bonchev–Trinajstić information content (AvgIpc) is 1.64. The first-order valence-corrected chi connectivity index (χ1v) is 8.99. The van der Waals surface area contributed by atoms with Crippen LogP contribution in [0.5, 0.6) is 0 Å². The molecule has 0 amide bonds. The summed E-state index contributed by atoms with van der Waals surface area (Å²) in [4.78, 5) is 56.3. The van der Waals surface area contributed by atoms with Crippen molar-refractivity contribution in [2.75, 3.05) is 0 Å². The molecule has 0 atom stereocenters. The molecule has 120 valence electrons. The fourth-order valence-corrected chi connectivity index (χ4v) is 2.32. The normalized spacial score (nSPS) is 11.3. The summed E-state index contributed by atoms with van der Waals surface area (Å²) < 4.78 is 58.0. The van der Waals surface area contributed by atoms with Gasteiger partial charge in [0, 0.05) is 0 Å². The predicted octanol–water partition coefficient (Wildman–Crippen LogP) is -11.3. The molecule has 0 aliphatic carbocycles. The molecule has 0 radical (unpaired) electrons. The van der Waals surface area contributed by atoms with Gasteiger partial charge in [-0.2, -0.15) is 16.8 Å². The predicted molar refractivity (Wildman–Crippen MR) is 57.7 cm³/mol. The minimum Gasteiger partial charge on any atom is -0.860 e. The van der Waals surface area contributed by atoms with Crippen molar-refractivity contribution in [2.24, 2.45) is 0 Å². The maximum absolute atomic E-state index is 9.41. The summed E-state index contributed by atoms with van der Waals surface area (Å²) in [6.07, 6.45) is 0. The molecule has 0 saturated heterocycles. The van der Waals surface area contributed by atoms with Crippen molar-refractivity contribution in [1.82, 2.24) is 0 Å². The van der Waals surface area contributed by atoms with Crippen LogP contribution >= 0.6 is 0 Å². The summed E-state index contributed by atoms with van der Waals surface area (Å²) in [5.41, 5.74) is 0. The molecule has 22 heavy (non-hydrogen) atoms. The van der Waals surface area contributed by atoms with Crippen LogP contribution in [-0.4, -0.2) is 163 Å². The summed E-state index contributed by atoms with van der Waals surface area (Å²) in [6.45, 7) is 0. The van der Waals surface area contributed by atoms with Gasteiger partial charge in [-0.25, -0.2) is 0 Å². The molecule has 0 heterocycles. The largest absolute Gasteiger partial charge is 2.00 e. The maximum Gasteiger partial charge on any atom is 2.00 e. The van der Waals surface area contributed by atoms with Crippen LogP contribution in [0, 0.1) is 0 Å². The standard InChI is InChI=1S/3Ca.2HO7SSi.H2O/c;;;2*1-8(2,3)7-9(4,5)6;/h;;;2*(H,1,2,3);1H2/q3*+2;2*-3;. The fraction of sp³-hybridized carbons (Fsp3) is 0. The van der Waals surface area contributed by atoms with Gasteiger partial charge in [0.1, 0.15) is 0 Å². The topological polar surface area (TPSA) is 297 Å². The van der Waals surface area contributed by atoms with Gasteiger partial charge in [-0.3, -0.25) is 9.11 Å². The summed E-state index contributed by atoms with van der Waals surface area (Å²) in [6, 6.07) is 0. The maximum atomic E-state index is 9.41. The summed E-state index contributed by atoms with van der Waals surface area (Å²) >= 11 is 0. The Morgan fingerprint density at radius 3 is 0.773 bits per heavy atom. The van der Waals surface area contributed by atoms with Crippen LogP contribution in [0.1, 0.15) is 0 Å². The van der Waals surface area contributed by atoms with Crippen LogP contribution in [0.3, 0.4) is 0 Å². The summed E-state index contributed by atoms with van der Waals surface area (Å²) in [5.74, 6) is 0. The van der Waals surface area contributed by atoms with Crippen LogP contribution in [0.2, 0.25) is 0 Å². The van der Waals surface area contributed by atoms with E-state index < -0.39 is 38.9 Å². The van der Waals surface area contributed by atoms with Crippen LogP contribution < -0.4 is 28.8 Å². The van der Waals surface area contributed by atoms with Gasteiger partial charge >= 0.3 is 134 Å². The van der Waals surface area contributed by atoms with Gasteiger partial charge in [0.15, 0.2) is 0 Å². The molecule has 0 spiro atoms. The first-order chi connectivity index (χ1) is 7.41. The number of rotatable bonds is 4. The Balaban J connectivity index is -0.0000000492. The van der Waals surface area contributed by atoms with Crippen molar-refractivity contribution in [1.29, 1.82) is 0 Å². The smallest absolute Gasteiger partial charge is 0.860 e. The molecule has 0 aliphatic rings. The Labute approximate surface area is 216 Å². The molecular weight excluding hydrogens is 481 g/mol. The van der Waals surface area contributed by atoms with Crippen molar-refractivity contribution in [2.45, 2.75) is 0 Å². The van der Waals surface area contributed by atoms with Crippen LogP contribution in [0.15, 0.2) is 0 Å². The minimum absolute atomic E-state index is 0. The molecular formula is H4Ca3O15S2Si2. The second-order valence-corrected chi connectivity index (χ2v) is 7.07. The zero-order valence-corrected chi connectivity index (χ0v) is 20.5. The van der Waals surface area contributed by atoms with Crippen molar-refractivity contribution >= 4 is 152 Å². The van der Waals surface area contributed by atoms with Gasteiger partial charge in [0.2, 0.25) is 0 Å². The Morgan fingerprint density at radius 1 is 0.636 bits per heavy atom. The van der Waals surface area contributed by atoms with Gasteiger partial charge in [-0.15, -0.1) is 0 Å². The second-order valence-electron chi connectivity index (χ2n) is 2.02. The van der Waals surface area contributed by atoms with E-state index in [4.69, 9.17) is 9.11 Å². The summed E-state index contributed by atoms with van der Waals surface area (Å²) in [7, 11) is -22.1. The quantitative estimate of drug-likeness (QED) is 0.276. The van der Waals surface area contributed by atoms with Crippen molar-refractivity contribution < 1.29 is 67.9 Å². The van der Waals surface area contributed by atoms with Gasteiger partial charge in [0.25, 0.3) is 0 Å². The summed E-state index contributed by atoms with van der Waals surface area (Å²) in [5, 5.41) is 0. The number of hydrogen-bond donors (Lipinski definition) is 2. The molecule has 0 unspecified atom stereocenters. The van der Waals surface area contributed by atoms with E-state index in [0.717, 1.165) is 0 Å². The van der Waals surface area contributed by atoms with E-state index in [9.17, 15) is 45.6 Å². The number of hydrogen-bond acceptors (Lipinski definition) is 12. The Morgan fingerprint density at radius 2 is 0.773 bits per heavy atom. The van der Waals surface area contributed by atoms with Gasteiger partial charge in [-0.1, -0.05) is 18.1 Å². The molecule has 0 bridgehead atoms. The third kappa shape index (κ3) is 49.5. The van der Waals surface area contributed by atoms with E-state index in [2.05, 4.69) is 7.74 Å². The minimum atomic E-state index is -5.88. The van der Waals surface area contributed by atoms with E-state index in [-0.39, 0.29) is 119 Å². The molecule has 0 saturated carbocycles. The van der Waals surface area contributed by atoms with Gasteiger partial charge in [0.05, 0.1) is 0 Å². The first kappa shape index (κ1) is 40.4. The Hall–Kier alpha value is 3.67. The van der Waals surface area contributed by atoms with Crippen molar-refractivity contribution in [3.05, 3.63) is 0 Å². The average molecular weight is 485 g/mol. The third-order valence-corrected chi connectivity index (χ3v) is 3.73. The molecule has 0 aliphatic heterocycles. The molecule has 0 fully saturated rings. The molecule has 15 nitrogen and oxygen atoms in total. The molecule has 0 aromatic rings. The third-order valence-electron chi connectivity index (χ3n) is 0.415. The zero-order valence-electron chi connectivity index (χ0n) is 10.2. The van der Waals surface area contributed by atoms with E-state index in [1.54, 1.807) is 0 Å². The fourth-order valence-electron chi connectivity index (χ4n) is 0.258. The molecule has 0 rings (SSSR count). The van der Waals surface area contributed by atoms with Crippen molar-refractivity contribution in [3.63, 3.8) is 0 Å².